The summed E-state index contributed by atoms with van der Waals surface area (Å²) in [7, 11) is 0. The smallest absolute Gasteiger partial charge is 0.0448 e. The van der Waals surface area contributed by atoms with Crippen molar-refractivity contribution in [3.8, 4) is 0 Å². The number of fused-ring (bicyclic) bond motifs is 1. The Bertz CT molecular complexity index is 490. The van der Waals surface area contributed by atoms with E-state index in [2.05, 4.69) is 29.8 Å². The summed E-state index contributed by atoms with van der Waals surface area (Å²) in [6.07, 6.45) is 3.65. The number of rotatable bonds is 3. The van der Waals surface area contributed by atoms with E-state index in [9.17, 15) is 0 Å². The van der Waals surface area contributed by atoms with Crippen LogP contribution in [0.4, 0.5) is 11.4 Å². The molecule has 0 fully saturated rings. The Balaban J connectivity index is 2.66. The largest absolute Gasteiger partial charge is 0.398 e. The first-order valence-electron chi connectivity index (χ1n) is 5.65. The number of hydrogen-bond acceptors (Lipinski definition) is 3. The number of aromatic nitrogens is 1. The Morgan fingerprint density at radius 2 is 1.88 bits per heavy atom. The first-order valence-corrected chi connectivity index (χ1v) is 5.65. The lowest BCUT2D eigenvalue weighted by Crippen LogP contribution is -2.22. The zero-order valence-electron chi connectivity index (χ0n) is 9.77. The number of benzene rings is 1. The molecule has 2 N–H and O–H groups in total. The van der Waals surface area contributed by atoms with Crippen molar-refractivity contribution in [2.75, 3.05) is 23.7 Å². The van der Waals surface area contributed by atoms with Gasteiger partial charge in [0.15, 0.2) is 0 Å². The summed E-state index contributed by atoms with van der Waals surface area (Å²) in [6.45, 7) is 6.31. The minimum absolute atomic E-state index is 0.791. The molecule has 0 bridgehead atoms. The molecule has 0 aliphatic heterocycles. The van der Waals surface area contributed by atoms with Crippen molar-refractivity contribution in [2.24, 2.45) is 0 Å². The molecule has 2 aromatic rings. The Labute approximate surface area is 95.9 Å². The van der Waals surface area contributed by atoms with Crippen LogP contribution in [-0.4, -0.2) is 18.1 Å². The van der Waals surface area contributed by atoms with Crippen LogP contribution in [0, 0.1) is 0 Å². The van der Waals surface area contributed by atoms with Crippen LogP contribution in [-0.2, 0) is 0 Å². The van der Waals surface area contributed by atoms with E-state index >= 15 is 0 Å². The van der Waals surface area contributed by atoms with Crippen LogP contribution in [0.25, 0.3) is 10.8 Å². The Morgan fingerprint density at radius 3 is 2.56 bits per heavy atom. The topological polar surface area (TPSA) is 42.1 Å². The molecule has 3 nitrogen and oxygen atoms in total. The molecule has 0 spiro atoms. The zero-order chi connectivity index (χ0) is 11.5. The van der Waals surface area contributed by atoms with Gasteiger partial charge in [0.25, 0.3) is 0 Å². The summed E-state index contributed by atoms with van der Waals surface area (Å²) in [5, 5.41) is 2.21. The maximum absolute atomic E-state index is 5.95. The molecular formula is C13H17N3. The highest BCUT2D eigenvalue weighted by Gasteiger charge is 2.08. The monoisotopic (exact) mass is 215 g/mol. The van der Waals surface area contributed by atoms with Crippen LogP contribution in [0.2, 0.25) is 0 Å². The van der Waals surface area contributed by atoms with Gasteiger partial charge in [-0.3, -0.25) is 4.98 Å². The highest BCUT2D eigenvalue weighted by molar-refractivity contribution is 6.00. The SMILES string of the molecule is CCN(CC)c1ccc(N)c2cnccc12. The predicted molar refractivity (Wildman–Crippen MR) is 69.7 cm³/mol. The van der Waals surface area contributed by atoms with Gasteiger partial charge >= 0.3 is 0 Å². The average Bonchev–Trinajstić information content (AvgIpc) is 2.34. The zero-order valence-corrected chi connectivity index (χ0v) is 9.77. The lowest BCUT2D eigenvalue weighted by molar-refractivity contribution is 0.870. The quantitative estimate of drug-likeness (QED) is 0.800. The maximum Gasteiger partial charge on any atom is 0.0448 e. The minimum Gasteiger partial charge on any atom is -0.398 e. The van der Waals surface area contributed by atoms with Crippen LogP contribution in [0.5, 0.6) is 0 Å². The van der Waals surface area contributed by atoms with Gasteiger partial charge in [0, 0.05) is 47.6 Å². The standard InChI is InChI=1S/C13H17N3/c1-3-16(4-2)13-6-5-12(14)11-9-15-8-7-10(11)13/h5-9H,3-4,14H2,1-2H3. The molecule has 0 amide bonds. The Kier molecular flexibility index (Phi) is 2.95. The maximum atomic E-state index is 5.95. The summed E-state index contributed by atoms with van der Waals surface area (Å²) >= 11 is 0. The van der Waals surface area contributed by atoms with E-state index in [1.807, 2.05) is 24.5 Å². The Hall–Kier alpha value is -1.77. The molecule has 0 aliphatic rings. The van der Waals surface area contributed by atoms with Crippen LogP contribution in [0.15, 0.2) is 30.6 Å². The fourth-order valence-electron chi connectivity index (χ4n) is 2.04. The summed E-state index contributed by atoms with van der Waals surface area (Å²) in [5.74, 6) is 0. The highest BCUT2D eigenvalue weighted by Crippen LogP contribution is 2.29. The fourth-order valence-corrected chi connectivity index (χ4v) is 2.04. The van der Waals surface area contributed by atoms with Crippen LogP contribution in [0.1, 0.15) is 13.8 Å². The lowest BCUT2D eigenvalue weighted by Gasteiger charge is -2.23. The molecule has 2 rings (SSSR count). The molecule has 0 saturated heterocycles. The van der Waals surface area contributed by atoms with Gasteiger partial charge in [-0.2, -0.15) is 0 Å². The fraction of sp³-hybridized carbons (Fsp3) is 0.308. The normalized spacial score (nSPS) is 10.6. The first-order chi connectivity index (χ1) is 7.77. The van der Waals surface area contributed by atoms with E-state index in [0.29, 0.717) is 0 Å². The lowest BCUT2D eigenvalue weighted by atomic mass is 10.1. The van der Waals surface area contributed by atoms with Gasteiger partial charge in [-0.15, -0.1) is 0 Å². The number of anilines is 2. The van der Waals surface area contributed by atoms with E-state index in [0.717, 1.165) is 24.2 Å². The number of pyridine rings is 1. The second kappa shape index (κ2) is 4.39. The van der Waals surface area contributed by atoms with Gasteiger partial charge in [-0.25, -0.2) is 0 Å². The third-order valence-corrected chi connectivity index (χ3v) is 2.93. The van der Waals surface area contributed by atoms with Crippen molar-refractivity contribution in [3.05, 3.63) is 30.6 Å². The number of nitrogens with zero attached hydrogens (tertiary/aromatic N) is 2. The predicted octanol–water partition coefficient (Wildman–Crippen LogP) is 2.66. The van der Waals surface area contributed by atoms with Crippen molar-refractivity contribution in [1.82, 2.24) is 4.98 Å². The second-order valence-corrected chi connectivity index (χ2v) is 3.77. The van der Waals surface area contributed by atoms with Crippen molar-refractivity contribution in [1.29, 1.82) is 0 Å². The first kappa shape index (κ1) is 10.7. The molecular weight excluding hydrogens is 198 g/mol. The van der Waals surface area contributed by atoms with Crippen LogP contribution < -0.4 is 10.6 Å². The molecule has 0 radical (unpaired) electrons. The van der Waals surface area contributed by atoms with Crippen molar-refractivity contribution in [3.63, 3.8) is 0 Å². The van der Waals surface area contributed by atoms with Crippen molar-refractivity contribution >= 4 is 22.1 Å². The molecule has 1 aromatic carbocycles. The summed E-state index contributed by atoms with van der Waals surface area (Å²) in [6, 6.07) is 6.07. The average molecular weight is 215 g/mol. The van der Waals surface area contributed by atoms with E-state index in [1.54, 1.807) is 0 Å². The van der Waals surface area contributed by atoms with Crippen LogP contribution in [0.3, 0.4) is 0 Å². The number of hydrogen-bond donors (Lipinski definition) is 1. The second-order valence-electron chi connectivity index (χ2n) is 3.77. The van der Waals surface area contributed by atoms with Gasteiger partial charge in [-0.1, -0.05) is 0 Å². The van der Waals surface area contributed by atoms with Gasteiger partial charge in [0.05, 0.1) is 0 Å². The summed E-state index contributed by atoms with van der Waals surface area (Å²) < 4.78 is 0. The molecule has 1 aromatic heterocycles. The van der Waals surface area contributed by atoms with Crippen molar-refractivity contribution in [2.45, 2.75) is 13.8 Å². The van der Waals surface area contributed by atoms with Gasteiger partial charge in [0.1, 0.15) is 0 Å². The molecule has 3 heteroatoms. The van der Waals surface area contributed by atoms with E-state index in [4.69, 9.17) is 5.73 Å². The van der Waals surface area contributed by atoms with Gasteiger partial charge < -0.3 is 10.6 Å². The van der Waals surface area contributed by atoms with Gasteiger partial charge in [0.2, 0.25) is 0 Å². The molecule has 0 aliphatic carbocycles. The summed E-state index contributed by atoms with van der Waals surface area (Å²) in [5.41, 5.74) is 7.97. The van der Waals surface area contributed by atoms with E-state index in [-0.39, 0.29) is 0 Å². The molecule has 1 heterocycles. The van der Waals surface area contributed by atoms with Gasteiger partial charge in [-0.05, 0) is 32.0 Å². The van der Waals surface area contributed by atoms with E-state index < -0.39 is 0 Å². The van der Waals surface area contributed by atoms with E-state index in [1.165, 1.54) is 11.1 Å². The number of nitrogens with two attached hydrogens (primary N) is 1. The molecule has 0 saturated carbocycles. The third kappa shape index (κ3) is 1.69. The molecule has 16 heavy (non-hydrogen) atoms. The third-order valence-electron chi connectivity index (χ3n) is 2.93. The molecule has 0 atom stereocenters. The summed E-state index contributed by atoms with van der Waals surface area (Å²) in [4.78, 5) is 6.45. The minimum atomic E-state index is 0.791. The number of nitrogen functional groups attached to an aromatic ring is 1. The highest BCUT2D eigenvalue weighted by atomic mass is 15.1. The van der Waals surface area contributed by atoms with Crippen molar-refractivity contribution < 1.29 is 0 Å². The molecule has 84 valence electrons. The van der Waals surface area contributed by atoms with Crippen LogP contribution >= 0.6 is 0 Å². The Morgan fingerprint density at radius 1 is 1.12 bits per heavy atom. The molecule has 0 unspecified atom stereocenters.